The molecule has 2 saturated heterocycles. The molecule has 14 nitrogen and oxygen atoms in total. The number of alkyl carbamates (subject to hydrolysis) is 2. The Hall–Kier alpha value is -6.18. The van der Waals surface area contributed by atoms with Gasteiger partial charge in [-0.1, -0.05) is 83.0 Å². The Kier molecular flexibility index (Phi) is 12.2. The lowest BCUT2D eigenvalue weighted by molar-refractivity contribution is -0.136. The van der Waals surface area contributed by atoms with Crippen molar-refractivity contribution in [1.29, 1.82) is 0 Å². The molecule has 14 heteroatoms. The van der Waals surface area contributed by atoms with Gasteiger partial charge in [-0.25, -0.2) is 19.6 Å². The molecule has 3 fully saturated rings. The lowest BCUT2D eigenvalue weighted by Gasteiger charge is -2.30. The highest BCUT2D eigenvalue weighted by Crippen LogP contribution is 2.55. The van der Waals surface area contributed by atoms with E-state index in [1.54, 1.807) is 0 Å². The van der Waals surface area contributed by atoms with Gasteiger partial charge in [0.2, 0.25) is 11.8 Å². The highest BCUT2D eigenvalue weighted by atomic mass is 16.5. The molecule has 4 N–H and O–H groups in total. The van der Waals surface area contributed by atoms with E-state index in [4.69, 9.17) is 19.4 Å². The van der Waals surface area contributed by atoms with Crippen molar-refractivity contribution in [2.45, 2.75) is 121 Å². The third-order valence-corrected chi connectivity index (χ3v) is 14.7. The number of rotatable bonds is 11. The number of fused-ring (bicyclic) bond motifs is 3. The van der Waals surface area contributed by atoms with Crippen molar-refractivity contribution in [3.05, 3.63) is 83.6 Å². The van der Waals surface area contributed by atoms with E-state index in [9.17, 15) is 19.2 Å². The molecule has 4 aliphatic rings. The number of aromatic amines is 2. The molecule has 1 saturated carbocycles. The Morgan fingerprint density at radius 3 is 1.86 bits per heavy atom. The summed E-state index contributed by atoms with van der Waals surface area (Å²) in [7, 11) is 2.61. The Morgan fingerprint density at radius 2 is 1.26 bits per heavy atom. The summed E-state index contributed by atoms with van der Waals surface area (Å²) in [4.78, 5) is 72.4. The molecule has 3 aromatic carbocycles. The van der Waals surface area contributed by atoms with Crippen LogP contribution < -0.4 is 10.6 Å². The molecule has 4 heterocycles. The van der Waals surface area contributed by atoms with Gasteiger partial charge in [0.25, 0.3) is 0 Å². The topological polar surface area (TPSA) is 175 Å². The van der Waals surface area contributed by atoms with Crippen LogP contribution in [0.2, 0.25) is 0 Å². The second-order valence-corrected chi connectivity index (χ2v) is 19.2. The van der Waals surface area contributed by atoms with E-state index in [0.29, 0.717) is 13.1 Å². The van der Waals surface area contributed by atoms with Crippen LogP contribution in [0.5, 0.6) is 0 Å². The van der Waals surface area contributed by atoms with Gasteiger partial charge in [0, 0.05) is 13.1 Å². The average molecular weight is 883 g/mol. The molecule has 5 aromatic rings. The Balaban J connectivity index is 0.973. The Bertz CT molecular complexity index is 2590. The predicted octanol–water partition coefficient (Wildman–Crippen LogP) is 9.13. The van der Waals surface area contributed by atoms with E-state index in [-0.39, 0.29) is 41.1 Å². The molecule has 4 unspecified atom stereocenters. The van der Waals surface area contributed by atoms with Crippen LogP contribution in [0.25, 0.3) is 44.5 Å². The minimum absolute atomic E-state index is 0.104. The Morgan fingerprint density at radius 1 is 0.692 bits per heavy atom. The number of hydrogen-bond donors (Lipinski definition) is 4. The van der Waals surface area contributed by atoms with E-state index in [1.165, 1.54) is 67.7 Å². The van der Waals surface area contributed by atoms with Crippen LogP contribution in [0.4, 0.5) is 9.59 Å². The zero-order valence-electron chi connectivity index (χ0n) is 38.5. The summed E-state index contributed by atoms with van der Waals surface area (Å²) in [5.41, 5.74) is 11.7. The average Bonchev–Trinajstić information content (AvgIpc) is 4.18. The monoisotopic (exact) mass is 882 g/mol. The zero-order valence-corrected chi connectivity index (χ0v) is 38.5. The number of H-pyrrole nitrogens is 2. The number of amides is 4. The smallest absolute Gasteiger partial charge is 0.407 e. The third-order valence-electron chi connectivity index (χ3n) is 14.7. The maximum atomic E-state index is 13.8. The van der Waals surface area contributed by atoms with E-state index in [1.807, 2.05) is 43.7 Å². The number of likely N-dealkylation sites (tertiary alicyclic amines) is 2. The fourth-order valence-corrected chi connectivity index (χ4v) is 11.3. The maximum absolute atomic E-state index is 13.8. The quantitative estimate of drug-likeness (QED) is 0.102. The second kappa shape index (κ2) is 18.0. The van der Waals surface area contributed by atoms with Gasteiger partial charge in [0.05, 0.1) is 49.2 Å². The molecule has 2 aromatic heterocycles. The van der Waals surface area contributed by atoms with E-state index in [2.05, 4.69) is 75.2 Å². The molecule has 0 bridgehead atoms. The first kappa shape index (κ1) is 44.0. The van der Waals surface area contributed by atoms with Crippen LogP contribution in [0.1, 0.15) is 120 Å². The molecule has 9 rings (SSSR count). The summed E-state index contributed by atoms with van der Waals surface area (Å²) in [5.74, 6) is 1.06. The number of imidazole rings is 2. The molecule has 4 atom stereocenters. The number of hydrogen-bond acceptors (Lipinski definition) is 8. The van der Waals surface area contributed by atoms with Crippen molar-refractivity contribution in [2.75, 3.05) is 27.3 Å². The minimum atomic E-state index is -0.689. The number of carbonyl (C=O) groups excluding carboxylic acids is 4. The van der Waals surface area contributed by atoms with Crippen molar-refractivity contribution in [3.8, 4) is 33.5 Å². The molecule has 2 aliphatic carbocycles. The molecule has 1 spiro atoms. The summed E-state index contributed by atoms with van der Waals surface area (Å²) in [6, 6.07) is 18.1. The van der Waals surface area contributed by atoms with Crippen LogP contribution in [0.3, 0.4) is 0 Å². The van der Waals surface area contributed by atoms with Gasteiger partial charge in [0.1, 0.15) is 23.7 Å². The lowest BCUT2D eigenvalue weighted by atomic mass is 9.76. The fourth-order valence-electron chi connectivity index (χ4n) is 11.3. The van der Waals surface area contributed by atoms with Crippen molar-refractivity contribution in [3.63, 3.8) is 0 Å². The molecular formula is C51H62N8O6. The highest BCUT2D eigenvalue weighted by Gasteiger charge is 2.44. The SMILES string of the molecule is COC(=O)NC(C(=O)N1CCCC1c1ncc(-c2ccc(-c3ccc(-c4ccc5[nH]c(C6CCCN6C(=O)C(NC(=O)OC)C(C)C)nc5c4)c4c3CCC43CCCC3)cc2)[nH]1)C(C)C. The number of ether oxygens (including phenoxy) is 2. The number of benzene rings is 3. The van der Waals surface area contributed by atoms with Gasteiger partial charge in [-0.05, 0) is 120 Å². The van der Waals surface area contributed by atoms with Gasteiger partial charge in [-0.3, -0.25) is 9.59 Å². The van der Waals surface area contributed by atoms with Crippen LogP contribution in [-0.2, 0) is 30.9 Å². The normalized spacial score (nSPS) is 19.9. The summed E-state index contributed by atoms with van der Waals surface area (Å²) in [5, 5.41) is 5.47. The van der Waals surface area contributed by atoms with Gasteiger partial charge in [0.15, 0.2) is 0 Å². The van der Waals surface area contributed by atoms with Gasteiger partial charge in [-0.15, -0.1) is 0 Å². The Labute approximate surface area is 380 Å². The van der Waals surface area contributed by atoms with Crippen LogP contribution >= 0.6 is 0 Å². The predicted molar refractivity (Wildman–Crippen MR) is 249 cm³/mol. The zero-order chi connectivity index (χ0) is 45.6. The number of methoxy groups -OCH3 is 2. The fraction of sp³-hybridized carbons (Fsp3) is 0.490. The largest absolute Gasteiger partial charge is 0.453 e. The number of carbonyl (C=O) groups is 4. The van der Waals surface area contributed by atoms with Gasteiger partial charge in [-0.2, -0.15) is 0 Å². The minimum Gasteiger partial charge on any atom is -0.453 e. The first-order valence-corrected chi connectivity index (χ1v) is 23.5. The van der Waals surface area contributed by atoms with Crippen LogP contribution in [0, 0.1) is 11.8 Å². The summed E-state index contributed by atoms with van der Waals surface area (Å²) < 4.78 is 9.63. The maximum Gasteiger partial charge on any atom is 0.407 e. The van der Waals surface area contributed by atoms with Crippen molar-refractivity contribution in [2.24, 2.45) is 11.8 Å². The number of aromatic nitrogens is 4. The summed E-state index contributed by atoms with van der Waals surface area (Å²) in [6.07, 6.45) is 11.0. The molecule has 2 aliphatic heterocycles. The molecule has 342 valence electrons. The van der Waals surface area contributed by atoms with Gasteiger partial charge < -0.3 is 39.9 Å². The highest BCUT2D eigenvalue weighted by molar-refractivity contribution is 5.89. The third kappa shape index (κ3) is 8.25. The van der Waals surface area contributed by atoms with Crippen molar-refractivity contribution >= 4 is 35.0 Å². The number of nitrogens with one attached hydrogen (secondary N) is 4. The van der Waals surface area contributed by atoms with Crippen molar-refractivity contribution in [1.82, 2.24) is 40.4 Å². The lowest BCUT2D eigenvalue weighted by Crippen LogP contribution is -2.51. The molecule has 65 heavy (non-hydrogen) atoms. The standard InChI is InChI=1S/C51H62N8O6/c1-29(2)43(56-49(62)64-5)47(60)58-25-9-11-40(58)45-52-28-39(55-45)32-15-13-31(14-16-32)34-18-19-35(42-36(34)21-24-51(42)22-7-8-23-51)33-17-20-37-38(27-33)54-46(53-37)41-12-10-26-59(41)48(61)44(30(3)4)57-50(63)65-6/h13-20,27-30,40-41,43-44H,7-12,21-26H2,1-6H3,(H,52,55)(H,53,54)(H,56,62)(H,57,63). The van der Waals surface area contributed by atoms with Gasteiger partial charge >= 0.3 is 12.2 Å². The first-order chi connectivity index (χ1) is 31.4. The van der Waals surface area contributed by atoms with Crippen LogP contribution in [-0.4, -0.2) is 93.1 Å². The molecule has 4 amide bonds. The van der Waals surface area contributed by atoms with E-state index < -0.39 is 24.3 Å². The summed E-state index contributed by atoms with van der Waals surface area (Å²) >= 11 is 0. The van der Waals surface area contributed by atoms with E-state index in [0.717, 1.165) is 78.0 Å². The second-order valence-electron chi connectivity index (χ2n) is 19.2. The number of nitrogens with zero attached hydrogens (tertiary/aromatic N) is 4. The van der Waals surface area contributed by atoms with Crippen LogP contribution in [0.15, 0.2) is 60.8 Å². The summed E-state index contributed by atoms with van der Waals surface area (Å²) in [6.45, 7) is 8.89. The molecular weight excluding hydrogens is 821 g/mol. The first-order valence-electron chi connectivity index (χ1n) is 23.5. The van der Waals surface area contributed by atoms with Crippen molar-refractivity contribution < 1.29 is 28.7 Å². The molecule has 0 radical (unpaired) electrons. The van der Waals surface area contributed by atoms with E-state index >= 15 is 0 Å².